The number of hydrogen-bond acceptors (Lipinski definition) is 5. The molecule has 1 unspecified atom stereocenters. The van der Waals surface area contributed by atoms with Gasteiger partial charge in [0.2, 0.25) is 0 Å². The van der Waals surface area contributed by atoms with Gasteiger partial charge in [-0.25, -0.2) is 8.49 Å². The Morgan fingerprint density at radius 1 is 1.33 bits per heavy atom. The average molecular weight is 235 g/mol. The van der Waals surface area contributed by atoms with Crippen LogP contribution in [0.4, 0.5) is 0 Å². The molecule has 0 aromatic heterocycles. The normalized spacial score (nSPS) is 24.1. The first-order chi connectivity index (χ1) is 5.08. The van der Waals surface area contributed by atoms with Crippen molar-refractivity contribution in [3.8, 4) is 0 Å². The van der Waals surface area contributed by atoms with Crippen LogP contribution >= 0.6 is 0 Å². The van der Waals surface area contributed by atoms with Gasteiger partial charge in [0.05, 0.1) is 0 Å². The fourth-order valence-electron chi connectivity index (χ4n) is 1.07. The first-order valence-corrected chi connectivity index (χ1v) is 5.82. The van der Waals surface area contributed by atoms with Gasteiger partial charge in [-0.2, -0.15) is 5.06 Å². The quantitative estimate of drug-likeness (QED) is 0.484. The standard InChI is InChI=1S/C5H11NO3S2.K/c7-11(8,10)9-6-4-2-1-3-5-6;/h1-5H2,(H,7,8,10);/q;+1/p-1. The van der Waals surface area contributed by atoms with Gasteiger partial charge in [-0.05, 0) is 24.0 Å². The van der Waals surface area contributed by atoms with E-state index in [4.69, 9.17) is 0 Å². The van der Waals surface area contributed by atoms with Crippen molar-refractivity contribution in [2.75, 3.05) is 13.1 Å². The molecule has 12 heavy (non-hydrogen) atoms. The van der Waals surface area contributed by atoms with Crippen molar-refractivity contribution in [1.82, 2.24) is 5.06 Å². The van der Waals surface area contributed by atoms with E-state index in [-0.39, 0.29) is 51.4 Å². The van der Waals surface area contributed by atoms with Crippen LogP contribution in [0.15, 0.2) is 0 Å². The van der Waals surface area contributed by atoms with Crippen molar-refractivity contribution in [2.45, 2.75) is 19.3 Å². The summed E-state index contributed by atoms with van der Waals surface area (Å²) in [6, 6.07) is 0. The summed E-state index contributed by atoms with van der Waals surface area (Å²) in [6.07, 6.45) is 3.09. The SMILES string of the molecule is O=S([O-])(=S)ON1CCCCC1.[K+]. The Bertz CT molecular complexity index is 213. The van der Waals surface area contributed by atoms with Crippen molar-refractivity contribution in [3.63, 3.8) is 0 Å². The Balaban J connectivity index is 0.00000121. The van der Waals surface area contributed by atoms with Gasteiger partial charge in [0.1, 0.15) is 9.05 Å². The Hall–Kier alpha value is 1.89. The summed E-state index contributed by atoms with van der Waals surface area (Å²) in [5.74, 6) is 0. The molecule has 0 spiro atoms. The van der Waals surface area contributed by atoms with Crippen LogP contribution in [0, 0.1) is 0 Å². The van der Waals surface area contributed by atoms with Crippen LogP contribution in [0.2, 0.25) is 0 Å². The summed E-state index contributed by atoms with van der Waals surface area (Å²) in [5.41, 5.74) is 0. The van der Waals surface area contributed by atoms with Crippen molar-refractivity contribution >= 4 is 20.2 Å². The topological polar surface area (TPSA) is 52.6 Å². The van der Waals surface area contributed by atoms with Crippen molar-refractivity contribution < 1.29 is 64.4 Å². The van der Waals surface area contributed by atoms with Gasteiger partial charge in [-0.3, -0.25) is 0 Å². The zero-order chi connectivity index (χ0) is 8.32. The van der Waals surface area contributed by atoms with Gasteiger partial charge in [-0.15, -0.1) is 0 Å². The van der Waals surface area contributed by atoms with Gasteiger partial charge >= 0.3 is 51.4 Å². The number of hydrogen-bond donors (Lipinski definition) is 0. The van der Waals surface area contributed by atoms with Crippen LogP contribution < -0.4 is 51.4 Å². The first-order valence-electron chi connectivity index (χ1n) is 3.48. The molecule has 0 saturated carbocycles. The summed E-state index contributed by atoms with van der Waals surface area (Å²) >= 11 is 4.07. The van der Waals surface area contributed by atoms with Gasteiger partial charge in [0, 0.05) is 13.1 Å². The number of hydroxylamine groups is 2. The molecule has 66 valence electrons. The maximum absolute atomic E-state index is 10.5. The molecule has 1 aliphatic rings. The molecule has 0 aliphatic carbocycles. The van der Waals surface area contributed by atoms with Crippen LogP contribution in [0.1, 0.15) is 19.3 Å². The third-order valence-electron chi connectivity index (χ3n) is 1.51. The third kappa shape index (κ3) is 6.36. The van der Waals surface area contributed by atoms with Gasteiger partial charge in [0.25, 0.3) is 0 Å². The van der Waals surface area contributed by atoms with Gasteiger partial charge in [0.15, 0.2) is 0 Å². The molecule has 1 rings (SSSR count). The number of rotatable bonds is 2. The summed E-state index contributed by atoms with van der Waals surface area (Å²) < 4.78 is 25.4. The summed E-state index contributed by atoms with van der Waals surface area (Å²) in [6.45, 7) is 1.33. The van der Waals surface area contributed by atoms with E-state index in [1.807, 2.05) is 0 Å². The Morgan fingerprint density at radius 2 is 1.83 bits per heavy atom. The molecule has 0 aromatic rings. The molecule has 7 heteroatoms. The fourth-order valence-corrected chi connectivity index (χ4v) is 1.73. The molecule has 0 N–H and O–H groups in total. The van der Waals surface area contributed by atoms with Crippen LogP contribution in [0.3, 0.4) is 0 Å². The van der Waals surface area contributed by atoms with E-state index in [9.17, 15) is 8.76 Å². The Labute approximate surface area is 120 Å². The third-order valence-corrected chi connectivity index (χ3v) is 2.09. The monoisotopic (exact) mass is 235 g/mol. The number of nitrogens with zero attached hydrogens (tertiary/aromatic N) is 1. The molecule has 1 aliphatic heterocycles. The predicted molar refractivity (Wildman–Crippen MR) is 42.8 cm³/mol. The summed E-state index contributed by atoms with van der Waals surface area (Å²) in [5, 5.41) is 1.41. The van der Waals surface area contributed by atoms with Crippen molar-refractivity contribution in [2.24, 2.45) is 0 Å². The minimum atomic E-state index is -3.71. The van der Waals surface area contributed by atoms with Crippen LogP contribution in [-0.2, 0) is 24.5 Å². The molecule has 0 amide bonds. The van der Waals surface area contributed by atoms with E-state index in [0.717, 1.165) is 19.3 Å². The first kappa shape index (κ1) is 13.9. The maximum atomic E-state index is 10.5. The second-order valence-electron chi connectivity index (χ2n) is 2.47. The van der Waals surface area contributed by atoms with E-state index < -0.39 is 9.05 Å². The van der Waals surface area contributed by atoms with E-state index in [1.165, 1.54) is 5.06 Å². The Morgan fingerprint density at radius 3 is 2.25 bits per heavy atom. The molecule has 0 bridgehead atoms. The smallest absolute Gasteiger partial charge is 0.747 e. The summed E-state index contributed by atoms with van der Waals surface area (Å²) in [4.78, 5) is 0. The summed E-state index contributed by atoms with van der Waals surface area (Å²) in [7, 11) is -3.71. The maximum Gasteiger partial charge on any atom is 1.00 e. The fraction of sp³-hybridized carbons (Fsp3) is 1.00. The Kier molecular flexibility index (Phi) is 7.39. The molecule has 1 saturated heterocycles. The molecule has 4 nitrogen and oxygen atoms in total. The molecule has 1 fully saturated rings. The van der Waals surface area contributed by atoms with E-state index in [1.54, 1.807) is 0 Å². The minimum Gasteiger partial charge on any atom is -0.747 e. The molecular formula is C5H10KNO3S2. The zero-order valence-electron chi connectivity index (χ0n) is 7.02. The molecule has 1 heterocycles. The van der Waals surface area contributed by atoms with Gasteiger partial charge < -0.3 is 4.55 Å². The van der Waals surface area contributed by atoms with Crippen LogP contribution in [0.5, 0.6) is 0 Å². The second-order valence-corrected chi connectivity index (χ2v) is 4.66. The van der Waals surface area contributed by atoms with Crippen LogP contribution in [-0.4, -0.2) is 26.9 Å². The van der Waals surface area contributed by atoms with Gasteiger partial charge in [-0.1, -0.05) is 6.42 Å². The molecule has 1 atom stereocenters. The van der Waals surface area contributed by atoms with Crippen molar-refractivity contribution in [3.05, 3.63) is 0 Å². The average Bonchev–Trinajstić information content (AvgIpc) is 1.85. The van der Waals surface area contributed by atoms with E-state index in [2.05, 4.69) is 15.5 Å². The number of piperidine rings is 1. The molecule has 0 radical (unpaired) electrons. The predicted octanol–water partition coefficient (Wildman–Crippen LogP) is -2.80. The molecular weight excluding hydrogens is 225 g/mol. The van der Waals surface area contributed by atoms with E-state index >= 15 is 0 Å². The zero-order valence-corrected chi connectivity index (χ0v) is 11.8. The molecule has 0 aromatic carbocycles. The minimum absolute atomic E-state index is 0. The van der Waals surface area contributed by atoms with Crippen molar-refractivity contribution in [1.29, 1.82) is 0 Å². The largest absolute Gasteiger partial charge is 1.00 e. The second kappa shape index (κ2) is 6.38. The van der Waals surface area contributed by atoms with E-state index in [0.29, 0.717) is 13.1 Å². The van der Waals surface area contributed by atoms with Crippen LogP contribution in [0.25, 0.3) is 0 Å².